The van der Waals surface area contributed by atoms with Gasteiger partial charge in [0.15, 0.2) is 0 Å². The van der Waals surface area contributed by atoms with Crippen LogP contribution in [-0.2, 0) is 16.6 Å². The molecule has 1 aromatic carbocycles. The van der Waals surface area contributed by atoms with Crippen molar-refractivity contribution in [2.75, 3.05) is 13.6 Å². The number of hydrogen-bond acceptors (Lipinski definition) is 4. The maximum Gasteiger partial charge on any atom is 0.242 e. The second-order valence-electron chi connectivity index (χ2n) is 4.76. The van der Waals surface area contributed by atoms with Crippen LogP contribution in [0.5, 0.6) is 0 Å². The number of nitrogens with two attached hydrogens (primary N) is 1. The van der Waals surface area contributed by atoms with Crippen molar-refractivity contribution in [1.29, 1.82) is 0 Å². The highest BCUT2D eigenvalue weighted by Crippen LogP contribution is 2.18. The van der Waals surface area contributed by atoms with Crippen LogP contribution in [0.3, 0.4) is 0 Å². The van der Waals surface area contributed by atoms with Crippen molar-refractivity contribution in [2.24, 2.45) is 5.73 Å². The molecule has 0 bridgehead atoms. The first-order chi connectivity index (χ1) is 8.78. The fraction of sp³-hybridized carbons (Fsp3) is 0.538. The molecule has 0 aliphatic heterocycles. The summed E-state index contributed by atoms with van der Waals surface area (Å²) in [5.41, 5.74) is 7.37. The molecule has 1 unspecified atom stereocenters. The zero-order chi connectivity index (χ0) is 14.6. The molecule has 0 radical (unpaired) electrons. The Morgan fingerprint density at radius 1 is 1.42 bits per heavy atom. The molecule has 1 rings (SSSR count). The van der Waals surface area contributed by atoms with Gasteiger partial charge in [0, 0.05) is 20.1 Å². The van der Waals surface area contributed by atoms with Gasteiger partial charge in [-0.1, -0.05) is 6.07 Å². The highest BCUT2D eigenvalue weighted by atomic mass is 32.2. The lowest BCUT2D eigenvalue weighted by Gasteiger charge is -2.18. The topological polar surface area (TPSA) is 83.6 Å². The SMILES string of the molecule is Cc1cc(S(=O)(=O)N(C)CCC(C)O)ccc1CN. The molecular formula is C13H22N2O3S. The number of hydrogen-bond donors (Lipinski definition) is 2. The Hall–Kier alpha value is -0.950. The standard InChI is InChI=1S/C13H22N2O3S/c1-10-8-13(5-4-12(10)9-14)19(17,18)15(3)7-6-11(2)16/h4-5,8,11,16H,6-7,9,14H2,1-3H3. The van der Waals surface area contributed by atoms with E-state index < -0.39 is 16.1 Å². The maximum absolute atomic E-state index is 12.3. The van der Waals surface area contributed by atoms with Crippen molar-refractivity contribution in [3.8, 4) is 0 Å². The quantitative estimate of drug-likeness (QED) is 0.812. The monoisotopic (exact) mass is 286 g/mol. The van der Waals surface area contributed by atoms with Gasteiger partial charge in [-0.15, -0.1) is 0 Å². The number of benzene rings is 1. The van der Waals surface area contributed by atoms with Crippen LogP contribution in [0.1, 0.15) is 24.5 Å². The minimum absolute atomic E-state index is 0.260. The van der Waals surface area contributed by atoms with E-state index in [0.29, 0.717) is 13.0 Å². The number of aliphatic hydroxyl groups is 1. The van der Waals surface area contributed by atoms with Crippen LogP contribution in [0.2, 0.25) is 0 Å². The first kappa shape index (κ1) is 16.1. The Bertz CT molecular complexity index is 527. The molecular weight excluding hydrogens is 264 g/mol. The number of nitrogens with zero attached hydrogens (tertiary/aromatic N) is 1. The van der Waals surface area contributed by atoms with E-state index in [9.17, 15) is 13.5 Å². The van der Waals surface area contributed by atoms with Gasteiger partial charge in [-0.25, -0.2) is 12.7 Å². The molecule has 0 aliphatic rings. The van der Waals surface area contributed by atoms with Crippen LogP contribution in [0.25, 0.3) is 0 Å². The lowest BCUT2D eigenvalue weighted by atomic mass is 10.1. The van der Waals surface area contributed by atoms with Crippen LogP contribution in [0.15, 0.2) is 23.1 Å². The van der Waals surface area contributed by atoms with E-state index >= 15 is 0 Å². The fourth-order valence-corrected chi connectivity index (χ4v) is 3.00. The smallest absolute Gasteiger partial charge is 0.242 e. The molecule has 5 nitrogen and oxygen atoms in total. The molecule has 1 atom stereocenters. The highest BCUT2D eigenvalue weighted by Gasteiger charge is 2.21. The van der Waals surface area contributed by atoms with Gasteiger partial charge in [-0.05, 0) is 43.5 Å². The molecule has 0 saturated heterocycles. The third kappa shape index (κ3) is 4.01. The van der Waals surface area contributed by atoms with Crippen molar-refractivity contribution < 1.29 is 13.5 Å². The molecule has 19 heavy (non-hydrogen) atoms. The second kappa shape index (κ2) is 6.47. The zero-order valence-corrected chi connectivity index (χ0v) is 12.4. The average Bonchev–Trinajstić information content (AvgIpc) is 2.35. The minimum Gasteiger partial charge on any atom is -0.393 e. The summed E-state index contributed by atoms with van der Waals surface area (Å²) in [7, 11) is -1.98. The predicted octanol–water partition coefficient (Wildman–Crippen LogP) is 0.845. The zero-order valence-electron chi connectivity index (χ0n) is 11.6. The lowest BCUT2D eigenvalue weighted by Crippen LogP contribution is -2.29. The van der Waals surface area contributed by atoms with E-state index in [1.807, 2.05) is 6.92 Å². The summed E-state index contributed by atoms with van der Waals surface area (Å²) < 4.78 is 25.9. The van der Waals surface area contributed by atoms with Gasteiger partial charge in [0.05, 0.1) is 11.0 Å². The minimum atomic E-state index is -3.50. The summed E-state index contributed by atoms with van der Waals surface area (Å²) >= 11 is 0. The maximum atomic E-state index is 12.3. The first-order valence-corrected chi connectivity index (χ1v) is 7.67. The molecule has 108 valence electrons. The van der Waals surface area contributed by atoms with Gasteiger partial charge in [0.2, 0.25) is 10.0 Å². The van der Waals surface area contributed by atoms with E-state index in [1.165, 1.54) is 11.4 Å². The van der Waals surface area contributed by atoms with Gasteiger partial charge in [-0.3, -0.25) is 0 Å². The largest absolute Gasteiger partial charge is 0.393 e. The van der Waals surface area contributed by atoms with Gasteiger partial charge in [0.25, 0.3) is 0 Å². The molecule has 0 fully saturated rings. The van der Waals surface area contributed by atoms with Gasteiger partial charge in [0.1, 0.15) is 0 Å². The van der Waals surface area contributed by atoms with Crippen molar-refractivity contribution >= 4 is 10.0 Å². The molecule has 6 heteroatoms. The molecule has 0 aromatic heterocycles. The van der Waals surface area contributed by atoms with Gasteiger partial charge < -0.3 is 10.8 Å². The fourth-order valence-electron chi connectivity index (χ4n) is 1.73. The Kier molecular flexibility index (Phi) is 5.49. The van der Waals surface area contributed by atoms with E-state index in [4.69, 9.17) is 5.73 Å². The first-order valence-electron chi connectivity index (χ1n) is 6.23. The van der Waals surface area contributed by atoms with Gasteiger partial charge >= 0.3 is 0 Å². The van der Waals surface area contributed by atoms with Crippen LogP contribution in [0.4, 0.5) is 0 Å². The number of aryl methyl sites for hydroxylation is 1. The van der Waals surface area contributed by atoms with Crippen molar-refractivity contribution in [3.63, 3.8) is 0 Å². The van der Waals surface area contributed by atoms with Crippen molar-refractivity contribution in [1.82, 2.24) is 4.31 Å². The third-order valence-corrected chi connectivity index (χ3v) is 4.96. The average molecular weight is 286 g/mol. The molecule has 0 heterocycles. The normalized spacial score (nSPS) is 13.8. The summed E-state index contributed by atoms with van der Waals surface area (Å²) in [5, 5.41) is 9.21. The van der Waals surface area contributed by atoms with Gasteiger partial charge in [-0.2, -0.15) is 0 Å². The Balaban J connectivity index is 2.96. The molecule has 0 saturated carbocycles. The molecule has 0 aliphatic carbocycles. The van der Waals surface area contributed by atoms with Crippen molar-refractivity contribution in [3.05, 3.63) is 29.3 Å². The van der Waals surface area contributed by atoms with E-state index in [0.717, 1.165) is 11.1 Å². The van der Waals surface area contributed by atoms with E-state index in [2.05, 4.69) is 0 Å². The third-order valence-electron chi connectivity index (χ3n) is 3.10. The van der Waals surface area contributed by atoms with E-state index in [1.54, 1.807) is 25.1 Å². The summed E-state index contributed by atoms with van der Waals surface area (Å²) in [6, 6.07) is 4.95. The number of sulfonamides is 1. The van der Waals surface area contributed by atoms with E-state index in [-0.39, 0.29) is 11.4 Å². The van der Waals surface area contributed by atoms with Crippen LogP contribution >= 0.6 is 0 Å². The summed E-state index contributed by atoms with van der Waals surface area (Å²) in [6.07, 6.45) is -0.103. The van der Waals surface area contributed by atoms with Crippen LogP contribution < -0.4 is 5.73 Å². The molecule has 0 spiro atoms. The Morgan fingerprint density at radius 3 is 2.53 bits per heavy atom. The Morgan fingerprint density at radius 2 is 2.05 bits per heavy atom. The number of aliphatic hydroxyl groups excluding tert-OH is 1. The Labute approximate surface area is 115 Å². The summed E-state index contributed by atoms with van der Waals surface area (Å²) in [4.78, 5) is 0.260. The molecule has 0 amide bonds. The summed E-state index contributed by atoms with van der Waals surface area (Å²) in [6.45, 7) is 4.17. The highest BCUT2D eigenvalue weighted by molar-refractivity contribution is 7.89. The van der Waals surface area contributed by atoms with Crippen LogP contribution in [0, 0.1) is 6.92 Å². The van der Waals surface area contributed by atoms with Crippen molar-refractivity contribution in [2.45, 2.75) is 37.8 Å². The lowest BCUT2D eigenvalue weighted by molar-refractivity contribution is 0.177. The molecule has 1 aromatic rings. The second-order valence-corrected chi connectivity index (χ2v) is 6.80. The molecule has 3 N–H and O–H groups in total. The predicted molar refractivity (Wildman–Crippen MR) is 75.2 cm³/mol. The number of rotatable bonds is 6. The van der Waals surface area contributed by atoms with Crippen LogP contribution in [-0.4, -0.2) is 37.5 Å². The summed E-state index contributed by atoms with van der Waals surface area (Å²) in [5.74, 6) is 0.